The van der Waals surface area contributed by atoms with Gasteiger partial charge in [0, 0.05) is 28.8 Å². The summed E-state index contributed by atoms with van der Waals surface area (Å²) in [6.45, 7) is 4.30. The first-order valence-electron chi connectivity index (χ1n) is 3.93. The maximum Gasteiger partial charge on any atom is 0.0533 e. The molecule has 0 radical (unpaired) electrons. The third kappa shape index (κ3) is 1.43. The van der Waals surface area contributed by atoms with Gasteiger partial charge in [0.05, 0.1) is 6.20 Å². The van der Waals surface area contributed by atoms with E-state index < -0.39 is 0 Å². The minimum atomic E-state index is 0.493. The van der Waals surface area contributed by atoms with Crippen LogP contribution < -0.4 is 0 Å². The average molecular weight is 168 g/mol. The maximum atomic E-state index is 4.28. The van der Waals surface area contributed by atoms with E-state index in [0.717, 1.165) is 5.25 Å². The van der Waals surface area contributed by atoms with E-state index in [9.17, 15) is 0 Å². The number of hydrogen-bond donors (Lipinski definition) is 0. The first-order chi connectivity index (χ1) is 5.27. The van der Waals surface area contributed by atoms with E-state index in [2.05, 4.69) is 25.1 Å². The Morgan fingerprint density at radius 2 is 2.45 bits per heavy atom. The molecule has 0 aliphatic carbocycles. The topological polar surface area (TPSA) is 17.8 Å². The molecule has 1 atom stereocenters. The van der Waals surface area contributed by atoms with Crippen LogP contribution in [0.1, 0.15) is 30.7 Å². The summed E-state index contributed by atoms with van der Waals surface area (Å²) in [6.07, 6.45) is 4.15. The van der Waals surface area contributed by atoms with Gasteiger partial charge in [-0.3, -0.25) is 4.68 Å². The van der Waals surface area contributed by atoms with Gasteiger partial charge in [0.25, 0.3) is 0 Å². The molecule has 11 heavy (non-hydrogen) atoms. The molecule has 2 rings (SSSR count). The summed E-state index contributed by atoms with van der Waals surface area (Å²) < 4.78 is 2.02. The largest absolute Gasteiger partial charge is 0.270 e. The lowest BCUT2D eigenvalue weighted by molar-refractivity contribution is 0.532. The Kier molecular flexibility index (Phi) is 1.68. The summed E-state index contributed by atoms with van der Waals surface area (Å²) in [5, 5.41) is 5.03. The highest BCUT2D eigenvalue weighted by Gasteiger charge is 2.25. The lowest BCUT2D eigenvalue weighted by Crippen LogP contribution is -1.99. The van der Waals surface area contributed by atoms with Gasteiger partial charge in [-0.25, -0.2) is 0 Å². The monoisotopic (exact) mass is 168 g/mol. The lowest BCUT2D eigenvalue weighted by atomic mass is 10.3. The van der Waals surface area contributed by atoms with E-state index in [-0.39, 0.29) is 0 Å². The minimum Gasteiger partial charge on any atom is -0.270 e. The summed E-state index contributed by atoms with van der Waals surface area (Å²) in [7, 11) is 0. The molecule has 1 fully saturated rings. The smallest absolute Gasteiger partial charge is 0.0533 e. The van der Waals surface area contributed by atoms with Crippen LogP contribution >= 0.6 is 11.8 Å². The van der Waals surface area contributed by atoms with E-state index in [0.29, 0.717) is 6.04 Å². The zero-order valence-corrected chi connectivity index (χ0v) is 7.64. The molecule has 0 bridgehead atoms. The van der Waals surface area contributed by atoms with Crippen LogP contribution in [-0.4, -0.2) is 15.5 Å². The number of hydrogen-bond acceptors (Lipinski definition) is 2. The molecule has 1 unspecified atom stereocenters. The van der Waals surface area contributed by atoms with Crippen molar-refractivity contribution in [3.8, 4) is 0 Å². The first-order valence-corrected chi connectivity index (χ1v) is 4.98. The number of aromatic nitrogens is 2. The second-order valence-corrected chi connectivity index (χ2v) is 4.41. The van der Waals surface area contributed by atoms with Crippen LogP contribution in [0.3, 0.4) is 0 Å². The predicted molar refractivity (Wildman–Crippen MR) is 47.8 cm³/mol. The number of nitrogens with zero attached hydrogens (tertiary/aromatic N) is 2. The second kappa shape index (κ2) is 2.55. The standard InChI is InChI=1S/C8H12N2S/c1-6(2)10-4-7(3-9-10)8-5-11-8/h3-4,6,8H,5H2,1-2H3. The van der Waals surface area contributed by atoms with E-state index in [1.807, 2.05) is 22.6 Å². The molecule has 1 aliphatic heterocycles. The predicted octanol–water partition coefficient (Wildman–Crippen LogP) is 2.25. The molecule has 2 nitrogen and oxygen atoms in total. The Morgan fingerprint density at radius 3 is 2.91 bits per heavy atom. The summed E-state index contributed by atoms with van der Waals surface area (Å²) in [5.41, 5.74) is 1.39. The highest BCUT2D eigenvalue weighted by Crippen LogP contribution is 2.45. The zero-order chi connectivity index (χ0) is 7.84. The molecule has 1 aliphatic rings. The highest BCUT2D eigenvalue weighted by molar-refractivity contribution is 8.06. The van der Waals surface area contributed by atoms with Gasteiger partial charge in [-0.1, -0.05) is 0 Å². The van der Waals surface area contributed by atoms with Crippen molar-refractivity contribution in [2.75, 3.05) is 5.75 Å². The van der Waals surface area contributed by atoms with Gasteiger partial charge in [0.2, 0.25) is 0 Å². The molecule has 2 heterocycles. The molecule has 0 aromatic carbocycles. The lowest BCUT2D eigenvalue weighted by Gasteiger charge is -2.02. The number of thioether (sulfide) groups is 1. The molecule has 60 valence electrons. The van der Waals surface area contributed by atoms with Gasteiger partial charge in [0.15, 0.2) is 0 Å². The Bertz CT molecular complexity index is 234. The third-order valence-corrected chi connectivity index (χ3v) is 2.79. The average Bonchev–Trinajstić information content (AvgIpc) is 2.68. The van der Waals surface area contributed by atoms with Crippen molar-refractivity contribution in [3.05, 3.63) is 18.0 Å². The Hall–Kier alpha value is -0.440. The second-order valence-electron chi connectivity index (χ2n) is 3.17. The van der Waals surface area contributed by atoms with Gasteiger partial charge in [-0.15, -0.1) is 0 Å². The molecule has 0 amide bonds. The van der Waals surface area contributed by atoms with Crippen molar-refractivity contribution in [2.45, 2.75) is 25.1 Å². The van der Waals surface area contributed by atoms with Crippen molar-refractivity contribution >= 4 is 11.8 Å². The van der Waals surface area contributed by atoms with Crippen molar-refractivity contribution in [3.63, 3.8) is 0 Å². The summed E-state index contributed by atoms with van der Waals surface area (Å²) in [4.78, 5) is 0. The molecule has 0 spiro atoms. The quantitative estimate of drug-likeness (QED) is 0.630. The van der Waals surface area contributed by atoms with Crippen LogP contribution in [-0.2, 0) is 0 Å². The fraction of sp³-hybridized carbons (Fsp3) is 0.625. The maximum absolute atomic E-state index is 4.28. The van der Waals surface area contributed by atoms with Crippen molar-refractivity contribution < 1.29 is 0 Å². The fourth-order valence-corrected chi connectivity index (χ4v) is 1.64. The summed E-state index contributed by atoms with van der Waals surface area (Å²) >= 11 is 1.99. The third-order valence-electron chi connectivity index (χ3n) is 1.86. The zero-order valence-electron chi connectivity index (χ0n) is 6.82. The Morgan fingerprint density at radius 1 is 1.73 bits per heavy atom. The summed E-state index contributed by atoms with van der Waals surface area (Å²) in [6, 6.07) is 0.493. The molecule has 1 aromatic rings. The van der Waals surface area contributed by atoms with E-state index in [1.54, 1.807) is 0 Å². The van der Waals surface area contributed by atoms with E-state index in [1.165, 1.54) is 11.3 Å². The highest BCUT2D eigenvalue weighted by atomic mass is 32.2. The van der Waals surface area contributed by atoms with E-state index >= 15 is 0 Å². The van der Waals surface area contributed by atoms with Gasteiger partial charge in [-0.05, 0) is 13.8 Å². The van der Waals surface area contributed by atoms with E-state index in [4.69, 9.17) is 0 Å². The van der Waals surface area contributed by atoms with Crippen LogP contribution in [0.4, 0.5) is 0 Å². The SMILES string of the molecule is CC(C)n1cc(C2CS2)cn1. The Labute approximate surface area is 71.0 Å². The Balaban J connectivity index is 2.18. The van der Waals surface area contributed by atoms with Gasteiger partial charge in [0.1, 0.15) is 0 Å². The van der Waals surface area contributed by atoms with Crippen LogP contribution in [0.5, 0.6) is 0 Å². The molecular formula is C8H12N2S. The minimum absolute atomic E-state index is 0.493. The fourth-order valence-electron chi connectivity index (χ4n) is 1.04. The van der Waals surface area contributed by atoms with Crippen molar-refractivity contribution in [1.82, 2.24) is 9.78 Å². The van der Waals surface area contributed by atoms with Gasteiger partial charge >= 0.3 is 0 Å². The molecular weight excluding hydrogens is 156 g/mol. The number of rotatable bonds is 2. The van der Waals surface area contributed by atoms with Crippen LogP contribution in [0.25, 0.3) is 0 Å². The van der Waals surface area contributed by atoms with Crippen LogP contribution in [0.2, 0.25) is 0 Å². The molecule has 0 N–H and O–H groups in total. The van der Waals surface area contributed by atoms with Crippen LogP contribution in [0, 0.1) is 0 Å². The van der Waals surface area contributed by atoms with Crippen LogP contribution in [0.15, 0.2) is 12.4 Å². The molecule has 1 aromatic heterocycles. The summed E-state index contributed by atoms with van der Waals surface area (Å²) in [5.74, 6) is 1.28. The first kappa shape index (κ1) is 7.22. The van der Waals surface area contributed by atoms with Crippen molar-refractivity contribution in [2.24, 2.45) is 0 Å². The molecule has 1 saturated heterocycles. The van der Waals surface area contributed by atoms with Gasteiger partial charge < -0.3 is 0 Å². The van der Waals surface area contributed by atoms with Gasteiger partial charge in [-0.2, -0.15) is 16.9 Å². The van der Waals surface area contributed by atoms with Crippen molar-refractivity contribution in [1.29, 1.82) is 0 Å². The molecule has 3 heteroatoms. The normalized spacial score (nSPS) is 22.6. The molecule has 0 saturated carbocycles.